The Morgan fingerprint density at radius 3 is 2.00 bits per heavy atom. The Bertz CT molecular complexity index is 454. The van der Waals surface area contributed by atoms with Gasteiger partial charge in [-0.1, -0.05) is 32.6 Å². The molecule has 0 aliphatic carbocycles. The van der Waals surface area contributed by atoms with Crippen molar-refractivity contribution < 1.29 is 26.2 Å². The van der Waals surface area contributed by atoms with Crippen LogP contribution in [0.3, 0.4) is 0 Å². The lowest BCUT2D eigenvalue weighted by Crippen LogP contribution is -2.23. The molecule has 0 aliphatic heterocycles. The predicted molar refractivity (Wildman–Crippen MR) is 78.4 cm³/mol. The van der Waals surface area contributed by atoms with Crippen molar-refractivity contribution in [3.8, 4) is 0 Å². The molecule has 0 N–H and O–H groups in total. The van der Waals surface area contributed by atoms with E-state index in [-0.39, 0.29) is 0 Å². The van der Waals surface area contributed by atoms with Crippen LogP contribution in [0.5, 0.6) is 0 Å². The average molecular weight is 343 g/mol. The van der Waals surface area contributed by atoms with Crippen molar-refractivity contribution >= 4 is 10.5 Å². The van der Waals surface area contributed by atoms with E-state index in [2.05, 4.69) is 41.8 Å². The maximum absolute atomic E-state index is 9.67. The molecule has 0 bridgehead atoms. The van der Waals surface area contributed by atoms with Crippen LogP contribution >= 0.6 is 0 Å². The van der Waals surface area contributed by atoms with Crippen LogP contribution in [-0.2, 0) is 24.1 Å². The molecule has 1 aromatic rings. The smallest absolute Gasteiger partial charge is 0.379 e. The minimum absolute atomic E-state index is 1.17. The standard InChI is InChI=1S/C12H23N2.CHF3.NO2S/c1-3-4-5-6-7-8-9-14-11-10-13(2)12-14;2-1(3)4;1-4(2)3/h10-12H,3-9H2,1-2H3;1H;/q+1;;-1. The van der Waals surface area contributed by atoms with Crippen molar-refractivity contribution in [1.29, 1.82) is 0 Å². The second-order valence-electron chi connectivity index (χ2n) is 4.55. The van der Waals surface area contributed by atoms with Crippen LogP contribution in [0.15, 0.2) is 18.7 Å². The molecule has 0 amide bonds. The van der Waals surface area contributed by atoms with Gasteiger partial charge in [-0.15, -0.1) is 0 Å². The summed E-state index contributed by atoms with van der Waals surface area (Å²) in [6.07, 6.45) is 14.6. The van der Waals surface area contributed by atoms with E-state index in [1.165, 1.54) is 45.1 Å². The fourth-order valence-corrected chi connectivity index (χ4v) is 1.71. The first kappa shape index (κ1) is 22.9. The highest BCUT2D eigenvalue weighted by Gasteiger charge is 1.98. The molecular formula is C13H24F3N3O2S. The van der Waals surface area contributed by atoms with Gasteiger partial charge in [0.2, 0.25) is 6.33 Å². The molecule has 0 aliphatic rings. The number of nitrogens with zero attached hydrogens (tertiary/aromatic N) is 3. The van der Waals surface area contributed by atoms with Crippen LogP contribution in [0.2, 0.25) is 0 Å². The fourth-order valence-electron chi connectivity index (χ4n) is 1.71. The van der Waals surface area contributed by atoms with Gasteiger partial charge in [0.25, 0.3) is 0 Å². The molecule has 0 fully saturated rings. The Hall–Kier alpha value is -1.38. The predicted octanol–water partition coefficient (Wildman–Crippen LogP) is 3.47. The number of unbranched alkanes of at least 4 members (excludes halogenated alkanes) is 5. The maximum atomic E-state index is 9.67. The van der Waals surface area contributed by atoms with Crippen molar-refractivity contribution in [3.05, 3.63) is 23.5 Å². The monoisotopic (exact) mass is 343 g/mol. The van der Waals surface area contributed by atoms with Crippen LogP contribution in [0, 0.1) is 0 Å². The van der Waals surface area contributed by atoms with Crippen molar-refractivity contribution in [2.45, 2.75) is 58.7 Å². The number of aryl methyl sites for hydroxylation is 2. The molecule has 0 aromatic carbocycles. The van der Waals surface area contributed by atoms with Crippen molar-refractivity contribution in [2.75, 3.05) is 0 Å². The fraction of sp³-hybridized carbons (Fsp3) is 0.769. The molecule has 0 atom stereocenters. The van der Waals surface area contributed by atoms with Crippen molar-refractivity contribution in [3.63, 3.8) is 0 Å². The summed E-state index contributed by atoms with van der Waals surface area (Å²) >= 11 is 0. The Balaban J connectivity index is 0. The lowest BCUT2D eigenvalue weighted by Gasteiger charge is -1.98. The van der Waals surface area contributed by atoms with Gasteiger partial charge < -0.3 is 4.78 Å². The summed E-state index contributed by atoms with van der Waals surface area (Å²) in [6, 6.07) is 0. The minimum atomic E-state index is -3.67. The Morgan fingerprint density at radius 1 is 1.14 bits per heavy atom. The summed E-state index contributed by atoms with van der Waals surface area (Å²) in [4.78, 5) is 0. The van der Waals surface area contributed by atoms with E-state index in [1.807, 2.05) is 0 Å². The third-order valence-electron chi connectivity index (χ3n) is 2.59. The van der Waals surface area contributed by atoms with Gasteiger partial charge in [-0.2, -0.15) is 13.2 Å². The van der Waals surface area contributed by atoms with Gasteiger partial charge in [0.05, 0.1) is 13.6 Å². The summed E-state index contributed by atoms with van der Waals surface area (Å²) < 4.78 is 57.4. The Morgan fingerprint density at radius 2 is 1.59 bits per heavy atom. The molecule has 130 valence electrons. The maximum Gasteiger partial charge on any atom is 0.379 e. The summed E-state index contributed by atoms with van der Waals surface area (Å²) in [7, 11) is -0.794. The molecule has 0 spiro atoms. The van der Waals surface area contributed by atoms with E-state index in [0.717, 1.165) is 0 Å². The zero-order valence-corrected chi connectivity index (χ0v) is 13.8. The topological polar surface area (TPSA) is 65.2 Å². The Kier molecular flexibility index (Phi) is 16.6. The van der Waals surface area contributed by atoms with Gasteiger partial charge in [-0.25, -0.2) is 17.6 Å². The highest BCUT2D eigenvalue weighted by atomic mass is 32.2. The zero-order valence-electron chi connectivity index (χ0n) is 13.0. The van der Waals surface area contributed by atoms with Gasteiger partial charge >= 0.3 is 6.68 Å². The van der Waals surface area contributed by atoms with Crippen LogP contribution in [0.25, 0.3) is 4.78 Å². The largest absolute Gasteiger partial charge is 0.686 e. The molecule has 0 radical (unpaired) electrons. The number of halogens is 3. The molecule has 0 saturated heterocycles. The van der Waals surface area contributed by atoms with Gasteiger partial charge in [0, 0.05) is 0 Å². The van der Waals surface area contributed by atoms with Crippen molar-refractivity contribution in [1.82, 2.24) is 4.57 Å². The van der Waals surface area contributed by atoms with Gasteiger partial charge in [-0.3, -0.25) is 0 Å². The number of alkyl halides is 3. The summed E-state index contributed by atoms with van der Waals surface area (Å²) in [5, 5.41) is 0. The van der Waals surface area contributed by atoms with Gasteiger partial charge in [-0.05, 0) is 12.8 Å². The molecule has 1 heterocycles. The van der Waals surface area contributed by atoms with E-state index in [0.29, 0.717) is 0 Å². The molecular weight excluding hydrogens is 319 g/mol. The molecule has 1 rings (SSSR count). The summed E-state index contributed by atoms with van der Waals surface area (Å²) in [5.74, 6) is 0. The number of rotatable bonds is 7. The third kappa shape index (κ3) is 23.7. The average Bonchev–Trinajstić information content (AvgIpc) is 2.78. The molecule has 0 saturated carbocycles. The number of imidazole rings is 1. The zero-order chi connectivity index (χ0) is 17.4. The van der Waals surface area contributed by atoms with E-state index in [1.54, 1.807) is 0 Å². The molecule has 9 heteroatoms. The lowest BCUT2D eigenvalue weighted by atomic mass is 10.1. The van der Waals surface area contributed by atoms with E-state index in [4.69, 9.17) is 13.2 Å². The SMILES string of the molecule is CCCCCCCCn1cc[n+](C)c1.FC(F)F.[N-]=S(=O)=O. The van der Waals surface area contributed by atoms with Gasteiger partial charge in [0.15, 0.2) is 0 Å². The lowest BCUT2D eigenvalue weighted by molar-refractivity contribution is -0.671. The number of aromatic nitrogens is 2. The highest BCUT2D eigenvalue weighted by molar-refractivity contribution is 7.63. The molecule has 5 nitrogen and oxygen atoms in total. The van der Waals surface area contributed by atoms with E-state index >= 15 is 0 Å². The van der Waals surface area contributed by atoms with Crippen LogP contribution in [0.4, 0.5) is 13.2 Å². The quantitative estimate of drug-likeness (QED) is 0.562. The van der Waals surface area contributed by atoms with Gasteiger partial charge in [0.1, 0.15) is 22.9 Å². The first-order valence-corrected chi connectivity index (χ1v) is 8.04. The summed E-state index contributed by atoms with van der Waals surface area (Å²) in [6.45, 7) is -0.229. The van der Waals surface area contributed by atoms with Crippen LogP contribution in [0.1, 0.15) is 45.4 Å². The first-order chi connectivity index (χ1) is 10.3. The normalized spacial score (nSPS) is 9.55. The number of hydrogen-bond donors (Lipinski definition) is 0. The van der Waals surface area contributed by atoms with Crippen LogP contribution < -0.4 is 4.57 Å². The Labute approximate surface area is 131 Å². The van der Waals surface area contributed by atoms with E-state index in [9.17, 15) is 13.2 Å². The highest BCUT2D eigenvalue weighted by Crippen LogP contribution is 2.05. The number of hydrogen-bond acceptors (Lipinski definition) is 2. The molecule has 1 aromatic heterocycles. The second kappa shape index (κ2) is 16.0. The molecule has 22 heavy (non-hydrogen) atoms. The first-order valence-electron chi connectivity index (χ1n) is 7.01. The van der Waals surface area contributed by atoms with Crippen molar-refractivity contribution in [2.24, 2.45) is 7.05 Å². The minimum Gasteiger partial charge on any atom is -0.686 e. The van der Waals surface area contributed by atoms with E-state index < -0.39 is 17.2 Å². The van der Waals surface area contributed by atoms with Crippen LogP contribution in [-0.4, -0.2) is 19.7 Å². The second-order valence-corrected chi connectivity index (χ2v) is 4.98. The third-order valence-corrected chi connectivity index (χ3v) is 2.59. The summed E-state index contributed by atoms with van der Waals surface area (Å²) in [5.41, 5.74) is 0. The molecule has 0 unspecified atom stereocenters.